The fourth-order valence-electron chi connectivity index (χ4n) is 4.15. The van der Waals surface area contributed by atoms with E-state index in [0.717, 1.165) is 12.1 Å². The first-order valence-electron chi connectivity index (χ1n) is 8.62. The van der Waals surface area contributed by atoms with E-state index in [0.29, 0.717) is 11.1 Å². The molecule has 3 rings (SSSR count). The molecule has 3 amide bonds. The van der Waals surface area contributed by atoms with Crippen molar-refractivity contribution >= 4 is 23.5 Å². The van der Waals surface area contributed by atoms with Gasteiger partial charge in [-0.25, -0.2) is 13.6 Å². The Hall–Kier alpha value is -2.67. The van der Waals surface area contributed by atoms with E-state index in [1.807, 2.05) is 13.8 Å². The molecule has 1 aliphatic rings. The highest BCUT2D eigenvalue weighted by atomic mass is 35.5. The van der Waals surface area contributed by atoms with Gasteiger partial charge in [-0.1, -0.05) is 31.5 Å². The number of carbonyl (C=O) groups is 2. The van der Waals surface area contributed by atoms with Gasteiger partial charge in [0.15, 0.2) is 0 Å². The van der Waals surface area contributed by atoms with Crippen molar-refractivity contribution in [2.45, 2.75) is 25.8 Å². The average molecular weight is 408 g/mol. The first-order valence-corrected chi connectivity index (χ1v) is 9.00. The summed E-state index contributed by atoms with van der Waals surface area (Å²) in [5.41, 5.74) is 4.40. The lowest BCUT2D eigenvalue weighted by Crippen LogP contribution is -2.56. The van der Waals surface area contributed by atoms with Crippen LogP contribution in [0.25, 0.3) is 0 Å². The summed E-state index contributed by atoms with van der Waals surface area (Å²) in [4.78, 5) is 24.3. The summed E-state index contributed by atoms with van der Waals surface area (Å²) in [5, 5.41) is 5.14. The van der Waals surface area contributed by atoms with Gasteiger partial charge in [0.05, 0.1) is 5.02 Å². The van der Waals surface area contributed by atoms with Gasteiger partial charge in [0.1, 0.15) is 17.2 Å². The molecular formula is C20H20ClF2N3O2. The predicted molar refractivity (Wildman–Crippen MR) is 102 cm³/mol. The van der Waals surface area contributed by atoms with Gasteiger partial charge in [0.2, 0.25) is 5.91 Å². The molecule has 5 nitrogen and oxygen atoms in total. The molecule has 2 aromatic carbocycles. The van der Waals surface area contributed by atoms with Gasteiger partial charge in [0, 0.05) is 23.6 Å². The third-order valence-electron chi connectivity index (χ3n) is 5.42. The molecule has 0 saturated heterocycles. The van der Waals surface area contributed by atoms with Crippen molar-refractivity contribution in [2.75, 3.05) is 7.05 Å². The summed E-state index contributed by atoms with van der Waals surface area (Å²) < 4.78 is 29.0. The number of nitrogens with one attached hydrogen (secondary N) is 2. The van der Waals surface area contributed by atoms with Crippen molar-refractivity contribution in [3.8, 4) is 0 Å². The number of halogens is 3. The van der Waals surface area contributed by atoms with Crippen LogP contribution in [0, 0.1) is 17.0 Å². The van der Waals surface area contributed by atoms with Crippen LogP contribution in [0.2, 0.25) is 5.02 Å². The SMILES string of the molecule is CNC(=O)NC1(c2ccc(F)c(Cl)c2)c2c(F)ccc(C(N)=O)c2CC1(C)C. The second-order valence-electron chi connectivity index (χ2n) is 7.46. The molecule has 1 unspecified atom stereocenters. The zero-order chi connectivity index (χ0) is 20.9. The molecule has 0 aliphatic heterocycles. The summed E-state index contributed by atoms with van der Waals surface area (Å²) in [7, 11) is 1.43. The van der Waals surface area contributed by atoms with Crippen LogP contribution in [-0.2, 0) is 12.0 Å². The lowest BCUT2D eigenvalue weighted by atomic mass is 9.68. The zero-order valence-corrected chi connectivity index (χ0v) is 16.4. The normalized spacial score (nSPS) is 19.8. The van der Waals surface area contributed by atoms with Crippen molar-refractivity contribution in [3.05, 3.63) is 69.2 Å². The van der Waals surface area contributed by atoms with Gasteiger partial charge in [-0.05, 0) is 41.8 Å². The van der Waals surface area contributed by atoms with Crippen LogP contribution in [0.5, 0.6) is 0 Å². The van der Waals surface area contributed by atoms with Crippen LogP contribution in [0.15, 0.2) is 30.3 Å². The highest BCUT2D eigenvalue weighted by molar-refractivity contribution is 6.30. The van der Waals surface area contributed by atoms with E-state index in [1.165, 1.54) is 25.2 Å². The second-order valence-corrected chi connectivity index (χ2v) is 7.86. The van der Waals surface area contributed by atoms with Crippen LogP contribution in [0.1, 0.15) is 40.9 Å². The maximum atomic E-state index is 15.2. The smallest absolute Gasteiger partial charge is 0.315 e. The first-order chi connectivity index (χ1) is 13.0. The fraction of sp³-hybridized carbons (Fsp3) is 0.300. The lowest BCUT2D eigenvalue weighted by molar-refractivity contribution is 0.0999. The van der Waals surface area contributed by atoms with Crippen molar-refractivity contribution in [1.82, 2.24) is 10.6 Å². The topological polar surface area (TPSA) is 84.2 Å². The fourth-order valence-corrected chi connectivity index (χ4v) is 4.33. The van der Waals surface area contributed by atoms with Gasteiger partial charge < -0.3 is 16.4 Å². The quantitative estimate of drug-likeness (QED) is 0.727. The molecule has 0 saturated carbocycles. The van der Waals surface area contributed by atoms with Gasteiger partial charge in [0.25, 0.3) is 0 Å². The third-order valence-corrected chi connectivity index (χ3v) is 5.71. The van der Waals surface area contributed by atoms with Crippen molar-refractivity contribution < 1.29 is 18.4 Å². The Bertz CT molecular complexity index is 994. The number of nitrogens with two attached hydrogens (primary N) is 1. The molecule has 2 aromatic rings. The van der Waals surface area contributed by atoms with Gasteiger partial charge in [-0.3, -0.25) is 4.79 Å². The number of urea groups is 1. The predicted octanol–water partition coefficient (Wildman–Crippen LogP) is 3.47. The van der Waals surface area contributed by atoms with E-state index in [-0.39, 0.29) is 22.6 Å². The highest BCUT2D eigenvalue weighted by Gasteiger charge is 2.57. The molecule has 1 aliphatic carbocycles. The standard InChI is InChI=1S/C20H20ClF2N3O2/c1-19(2)9-12-11(17(24)27)5-7-15(23)16(12)20(19,26-18(28)25-3)10-4-6-14(22)13(21)8-10/h4-8H,9H2,1-3H3,(H2,24,27)(H2,25,26,28). The minimum absolute atomic E-state index is 0.125. The Morgan fingerprint density at radius 3 is 2.36 bits per heavy atom. The molecule has 1 atom stereocenters. The summed E-state index contributed by atoms with van der Waals surface area (Å²) in [6, 6.07) is 5.89. The van der Waals surface area contributed by atoms with Gasteiger partial charge in [-0.15, -0.1) is 0 Å². The molecule has 0 bridgehead atoms. The van der Waals surface area contributed by atoms with E-state index >= 15 is 4.39 Å². The van der Waals surface area contributed by atoms with Gasteiger partial charge in [-0.2, -0.15) is 0 Å². The minimum atomic E-state index is -1.41. The lowest BCUT2D eigenvalue weighted by Gasteiger charge is -2.43. The van der Waals surface area contributed by atoms with E-state index in [9.17, 15) is 14.0 Å². The van der Waals surface area contributed by atoms with Crippen LogP contribution in [0.4, 0.5) is 13.6 Å². The molecule has 0 heterocycles. The summed E-state index contributed by atoms with van der Waals surface area (Å²) in [5.74, 6) is -1.94. The Morgan fingerprint density at radius 1 is 1.14 bits per heavy atom. The number of carbonyl (C=O) groups excluding carboxylic acids is 2. The summed E-state index contributed by atoms with van der Waals surface area (Å²) >= 11 is 6.00. The third kappa shape index (κ3) is 2.81. The van der Waals surface area contributed by atoms with E-state index in [4.69, 9.17) is 17.3 Å². The molecule has 0 spiro atoms. The largest absolute Gasteiger partial charge is 0.366 e. The molecule has 8 heteroatoms. The van der Waals surface area contributed by atoms with E-state index in [2.05, 4.69) is 10.6 Å². The maximum absolute atomic E-state index is 15.2. The molecule has 0 aromatic heterocycles. The van der Waals surface area contributed by atoms with Crippen molar-refractivity contribution in [2.24, 2.45) is 11.1 Å². The molecule has 28 heavy (non-hydrogen) atoms. The molecule has 0 fully saturated rings. The van der Waals surface area contributed by atoms with E-state index in [1.54, 1.807) is 0 Å². The Balaban J connectivity index is 2.43. The molecule has 4 N–H and O–H groups in total. The summed E-state index contributed by atoms with van der Waals surface area (Å²) in [6.45, 7) is 3.65. The van der Waals surface area contributed by atoms with E-state index < -0.39 is 34.5 Å². The van der Waals surface area contributed by atoms with Crippen LogP contribution in [0.3, 0.4) is 0 Å². The number of primary amides is 1. The molecule has 0 radical (unpaired) electrons. The monoisotopic (exact) mass is 407 g/mol. The number of rotatable bonds is 3. The molecule has 148 valence electrons. The number of hydrogen-bond donors (Lipinski definition) is 3. The number of benzene rings is 2. The van der Waals surface area contributed by atoms with Crippen LogP contribution < -0.4 is 16.4 Å². The van der Waals surface area contributed by atoms with Gasteiger partial charge >= 0.3 is 6.03 Å². The highest BCUT2D eigenvalue weighted by Crippen LogP contribution is 2.55. The first kappa shape index (κ1) is 20.1. The summed E-state index contributed by atoms with van der Waals surface area (Å²) in [6.07, 6.45) is 0.261. The zero-order valence-electron chi connectivity index (χ0n) is 15.6. The number of fused-ring (bicyclic) bond motifs is 1. The van der Waals surface area contributed by atoms with Crippen LogP contribution in [-0.4, -0.2) is 19.0 Å². The Kier molecular flexibility index (Phi) is 4.83. The Labute approximate surface area is 166 Å². The average Bonchev–Trinajstić information content (AvgIpc) is 2.85. The maximum Gasteiger partial charge on any atom is 0.315 e. The second kappa shape index (κ2) is 6.74. The van der Waals surface area contributed by atoms with Crippen LogP contribution >= 0.6 is 11.6 Å². The van der Waals surface area contributed by atoms with Crippen molar-refractivity contribution in [3.63, 3.8) is 0 Å². The number of hydrogen-bond acceptors (Lipinski definition) is 2. The van der Waals surface area contributed by atoms with Crippen molar-refractivity contribution in [1.29, 1.82) is 0 Å². The number of amides is 3. The molecular weight excluding hydrogens is 388 g/mol. The Morgan fingerprint density at radius 2 is 1.79 bits per heavy atom. The minimum Gasteiger partial charge on any atom is -0.366 e.